The van der Waals surface area contributed by atoms with Gasteiger partial charge in [0.25, 0.3) is 0 Å². The second kappa shape index (κ2) is 8.55. The third-order valence-corrected chi connectivity index (χ3v) is 3.82. The van der Waals surface area contributed by atoms with Crippen molar-refractivity contribution in [1.29, 1.82) is 0 Å². The molecule has 2 amide bonds. The normalized spacial score (nSPS) is 12.5. The first kappa shape index (κ1) is 18.8. The highest BCUT2D eigenvalue weighted by Crippen LogP contribution is 2.29. The van der Waals surface area contributed by atoms with E-state index in [1.54, 1.807) is 0 Å². The van der Waals surface area contributed by atoms with Crippen LogP contribution in [0.4, 0.5) is 18.0 Å². The molecule has 0 aromatic heterocycles. The maximum Gasteiger partial charge on any atom is 0.416 e. The maximum absolute atomic E-state index is 12.5. The molecule has 3 nitrogen and oxygen atoms in total. The molecule has 134 valence electrons. The van der Waals surface area contributed by atoms with Crippen LogP contribution < -0.4 is 10.6 Å². The van der Waals surface area contributed by atoms with E-state index >= 15 is 0 Å². The lowest BCUT2D eigenvalue weighted by atomic mass is 10.1. The SMILES string of the molecule is CC(CCc1ccccc1)NC(=O)NCc1ccc(C(F)(F)F)cc1. The van der Waals surface area contributed by atoms with Crippen molar-refractivity contribution in [2.45, 2.75) is 38.5 Å². The second-order valence-corrected chi connectivity index (χ2v) is 5.95. The quantitative estimate of drug-likeness (QED) is 0.790. The van der Waals surface area contributed by atoms with Gasteiger partial charge in [0.05, 0.1) is 5.56 Å². The van der Waals surface area contributed by atoms with Gasteiger partial charge in [0.1, 0.15) is 0 Å². The fourth-order valence-corrected chi connectivity index (χ4v) is 2.37. The third-order valence-electron chi connectivity index (χ3n) is 3.82. The second-order valence-electron chi connectivity index (χ2n) is 5.95. The molecule has 0 saturated carbocycles. The monoisotopic (exact) mass is 350 g/mol. The van der Waals surface area contributed by atoms with Gasteiger partial charge in [0.2, 0.25) is 0 Å². The summed E-state index contributed by atoms with van der Waals surface area (Å²) in [5.74, 6) is 0. The van der Waals surface area contributed by atoms with Gasteiger partial charge in [-0.3, -0.25) is 0 Å². The number of carbonyl (C=O) groups is 1. The van der Waals surface area contributed by atoms with Crippen molar-refractivity contribution in [1.82, 2.24) is 10.6 Å². The molecule has 1 atom stereocenters. The number of benzene rings is 2. The van der Waals surface area contributed by atoms with Gasteiger partial charge in [-0.2, -0.15) is 13.2 Å². The lowest BCUT2D eigenvalue weighted by molar-refractivity contribution is -0.137. The summed E-state index contributed by atoms with van der Waals surface area (Å²) in [7, 11) is 0. The number of hydrogen-bond acceptors (Lipinski definition) is 1. The standard InChI is InChI=1S/C19H21F3N2O/c1-14(7-8-15-5-3-2-4-6-15)24-18(25)23-13-16-9-11-17(12-10-16)19(20,21)22/h2-6,9-12,14H,7-8,13H2,1H3,(H2,23,24,25). The molecule has 6 heteroatoms. The summed E-state index contributed by atoms with van der Waals surface area (Å²) in [6.45, 7) is 2.09. The van der Waals surface area contributed by atoms with E-state index in [2.05, 4.69) is 10.6 Å². The molecule has 0 aliphatic heterocycles. The van der Waals surface area contributed by atoms with E-state index < -0.39 is 11.7 Å². The Labute approximate surface area is 145 Å². The molecule has 0 fully saturated rings. The number of halogens is 3. The lowest BCUT2D eigenvalue weighted by Gasteiger charge is -2.15. The van der Waals surface area contributed by atoms with Gasteiger partial charge in [-0.1, -0.05) is 42.5 Å². The molecular formula is C19H21F3N2O. The van der Waals surface area contributed by atoms with Crippen molar-refractivity contribution >= 4 is 6.03 Å². The van der Waals surface area contributed by atoms with Crippen LogP contribution in [0, 0.1) is 0 Å². The maximum atomic E-state index is 12.5. The Hall–Kier alpha value is -2.50. The number of alkyl halides is 3. The molecule has 0 aliphatic carbocycles. The van der Waals surface area contributed by atoms with Crippen molar-refractivity contribution in [3.8, 4) is 0 Å². The smallest absolute Gasteiger partial charge is 0.336 e. The van der Waals surface area contributed by atoms with Crippen LogP contribution in [0.25, 0.3) is 0 Å². The predicted molar refractivity (Wildman–Crippen MR) is 91.0 cm³/mol. The van der Waals surface area contributed by atoms with E-state index in [9.17, 15) is 18.0 Å². The Morgan fingerprint density at radius 1 is 1.00 bits per heavy atom. The highest BCUT2D eigenvalue weighted by Gasteiger charge is 2.29. The van der Waals surface area contributed by atoms with Crippen molar-refractivity contribution in [3.05, 3.63) is 71.3 Å². The molecule has 2 N–H and O–H groups in total. The van der Waals surface area contributed by atoms with Crippen molar-refractivity contribution < 1.29 is 18.0 Å². The molecule has 25 heavy (non-hydrogen) atoms. The Balaban J connectivity index is 1.73. The Kier molecular flexibility index (Phi) is 6.44. The molecule has 2 aromatic carbocycles. The molecular weight excluding hydrogens is 329 g/mol. The number of carbonyl (C=O) groups excluding carboxylic acids is 1. The van der Waals surface area contributed by atoms with E-state index in [0.29, 0.717) is 5.56 Å². The fraction of sp³-hybridized carbons (Fsp3) is 0.316. The summed E-state index contributed by atoms with van der Waals surface area (Å²) in [4.78, 5) is 11.9. The van der Waals surface area contributed by atoms with Crippen LogP contribution in [0.1, 0.15) is 30.0 Å². The van der Waals surface area contributed by atoms with E-state index in [4.69, 9.17) is 0 Å². The number of aryl methyl sites for hydroxylation is 1. The summed E-state index contributed by atoms with van der Waals surface area (Å²) in [6.07, 6.45) is -2.68. The minimum Gasteiger partial charge on any atom is -0.336 e. The minimum absolute atomic E-state index is 0.00666. The van der Waals surface area contributed by atoms with Crippen LogP contribution in [-0.2, 0) is 19.1 Å². The summed E-state index contributed by atoms with van der Waals surface area (Å²) in [5, 5.41) is 5.48. The summed E-state index contributed by atoms with van der Waals surface area (Å²) in [6, 6.07) is 14.4. The highest BCUT2D eigenvalue weighted by molar-refractivity contribution is 5.74. The van der Waals surface area contributed by atoms with Gasteiger partial charge in [-0.15, -0.1) is 0 Å². The molecule has 0 saturated heterocycles. The van der Waals surface area contributed by atoms with E-state index in [1.165, 1.54) is 17.7 Å². The first-order valence-corrected chi connectivity index (χ1v) is 8.09. The van der Waals surface area contributed by atoms with Crippen LogP contribution in [-0.4, -0.2) is 12.1 Å². The van der Waals surface area contributed by atoms with Gasteiger partial charge in [-0.05, 0) is 43.0 Å². The van der Waals surface area contributed by atoms with Gasteiger partial charge < -0.3 is 10.6 Å². The average molecular weight is 350 g/mol. The predicted octanol–water partition coefficient (Wildman–Crippen LogP) is 4.53. The molecule has 0 bridgehead atoms. The largest absolute Gasteiger partial charge is 0.416 e. The number of hydrogen-bond donors (Lipinski definition) is 2. The molecule has 0 radical (unpaired) electrons. The van der Waals surface area contributed by atoms with E-state index in [0.717, 1.165) is 25.0 Å². The van der Waals surface area contributed by atoms with Gasteiger partial charge in [-0.25, -0.2) is 4.79 Å². The van der Waals surface area contributed by atoms with Crippen molar-refractivity contribution in [2.75, 3.05) is 0 Å². The number of amides is 2. The molecule has 0 spiro atoms. The van der Waals surface area contributed by atoms with Crippen LogP contribution in [0.15, 0.2) is 54.6 Å². The zero-order chi connectivity index (χ0) is 18.3. The summed E-state index contributed by atoms with van der Waals surface area (Å²) < 4.78 is 37.5. The van der Waals surface area contributed by atoms with Crippen molar-refractivity contribution in [3.63, 3.8) is 0 Å². The topological polar surface area (TPSA) is 41.1 Å². The van der Waals surface area contributed by atoms with E-state index in [1.807, 2.05) is 37.3 Å². The van der Waals surface area contributed by atoms with Gasteiger partial charge in [0, 0.05) is 12.6 Å². The number of rotatable bonds is 6. The van der Waals surface area contributed by atoms with Gasteiger partial charge >= 0.3 is 12.2 Å². The van der Waals surface area contributed by atoms with Gasteiger partial charge in [0.15, 0.2) is 0 Å². The fourth-order valence-electron chi connectivity index (χ4n) is 2.37. The van der Waals surface area contributed by atoms with E-state index in [-0.39, 0.29) is 18.6 Å². The number of nitrogens with one attached hydrogen (secondary N) is 2. The first-order valence-electron chi connectivity index (χ1n) is 8.09. The summed E-state index contributed by atoms with van der Waals surface area (Å²) >= 11 is 0. The third kappa shape index (κ3) is 6.49. The molecule has 2 aromatic rings. The highest BCUT2D eigenvalue weighted by atomic mass is 19.4. The molecule has 2 rings (SSSR count). The van der Waals surface area contributed by atoms with Crippen molar-refractivity contribution in [2.24, 2.45) is 0 Å². The molecule has 0 heterocycles. The number of urea groups is 1. The Bertz CT molecular complexity index is 669. The lowest BCUT2D eigenvalue weighted by Crippen LogP contribution is -2.40. The first-order chi connectivity index (χ1) is 11.8. The van der Waals surface area contributed by atoms with Crippen LogP contribution >= 0.6 is 0 Å². The Morgan fingerprint density at radius 2 is 1.64 bits per heavy atom. The minimum atomic E-state index is -4.35. The zero-order valence-electron chi connectivity index (χ0n) is 13.9. The molecule has 0 aliphatic rings. The van der Waals surface area contributed by atoms with Crippen LogP contribution in [0.3, 0.4) is 0 Å². The Morgan fingerprint density at radius 3 is 2.24 bits per heavy atom. The van der Waals surface area contributed by atoms with Crippen LogP contribution in [0.2, 0.25) is 0 Å². The zero-order valence-corrected chi connectivity index (χ0v) is 13.9. The summed E-state index contributed by atoms with van der Waals surface area (Å²) in [5.41, 5.74) is 1.12. The average Bonchev–Trinajstić information content (AvgIpc) is 2.59. The molecule has 1 unspecified atom stereocenters. The van der Waals surface area contributed by atoms with Crippen LogP contribution in [0.5, 0.6) is 0 Å².